The van der Waals surface area contributed by atoms with Crippen LogP contribution >= 0.6 is 0 Å². The zero-order valence-electron chi connectivity index (χ0n) is 15.9. The third kappa shape index (κ3) is 4.97. The maximum absolute atomic E-state index is 14.4. The van der Waals surface area contributed by atoms with Crippen molar-refractivity contribution in [3.63, 3.8) is 0 Å². The molecule has 3 aromatic carbocycles. The van der Waals surface area contributed by atoms with E-state index in [1.807, 2.05) is 6.07 Å². The van der Waals surface area contributed by atoms with Gasteiger partial charge in [0.05, 0.1) is 0 Å². The Balaban J connectivity index is 0.00000300. The van der Waals surface area contributed by atoms with Crippen molar-refractivity contribution in [2.75, 3.05) is 0 Å². The molecule has 0 saturated carbocycles. The first-order valence-corrected chi connectivity index (χ1v) is 8.33. The average molecular weight is 526 g/mol. The first-order chi connectivity index (χ1) is 13.2. The Morgan fingerprint density at radius 3 is 2.03 bits per heavy atom. The largest absolute Gasteiger partial charge is 0.467 e. The molecular formula is C22H15F4LaO2-. The van der Waals surface area contributed by atoms with Crippen LogP contribution in [0.1, 0.15) is 27.0 Å². The number of carbonyl (C=O) groups is 1. The summed E-state index contributed by atoms with van der Waals surface area (Å²) in [7, 11) is 0. The minimum Gasteiger partial charge on any atom is -0.467 e. The molecule has 0 N–H and O–H groups in total. The van der Waals surface area contributed by atoms with Crippen LogP contribution in [-0.4, -0.2) is 5.97 Å². The Hall–Kier alpha value is -1.96. The number of carbonyl (C=O) groups excluding carboxylic acids is 1. The van der Waals surface area contributed by atoms with Crippen LogP contribution < -0.4 is 4.74 Å². The van der Waals surface area contributed by atoms with Crippen molar-refractivity contribution in [1.82, 2.24) is 0 Å². The van der Waals surface area contributed by atoms with Gasteiger partial charge in [-0.3, -0.25) is 0 Å². The predicted molar refractivity (Wildman–Crippen MR) is 96.2 cm³/mol. The number of halogens is 4. The summed E-state index contributed by atoms with van der Waals surface area (Å²) in [5.41, 5.74) is 2.90. The molecule has 1 radical (unpaired) electrons. The number of hydrogen-bond donors (Lipinski definition) is 0. The van der Waals surface area contributed by atoms with Crippen molar-refractivity contribution >= 4 is 5.97 Å². The summed E-state index contributed by atoms with van der Waals surface area (Å²) < 4.78 is 58.8. The van der Waals surface area contributed by atoms with Crippen LogP contribution in [0, 0.1) is 85.7 Å². The smallest absolute Gasteiger partial charge is 0.255 e. The summed E-state index contributed by atoms with van der Waals surface area (Å²) in [6.45, 7) is 5.17. The molecular weight excluding hydrogens is 511 g/mol. The van der Waals surface area contributed by atoms with Gasteiger partial charge in [-0.1, -0.05) is 24.1 Å². The van der Waals surface area contributed by atoms with Gasteiger partial charge in [-0.25, -0.2) is 17.6 Å². The first-order valence-electron chi connectivity index (χ1n) is 8.33. The van der Waals surface area contributed by atoms with Crippen molar-refractivity contribution < 1.29 is 62.7 Å². The second-order valence-electron chi connectivity index (χ2n) is 6.48. The summed E-state index contributed by atoms with van der Waals surface area (Å²) in [6, 6.07) is 10.2. The summed E-state index contributed by atoms with van der Waals surface area (Å²) in [6.07, 6.45) is 0. The first kappa shape index (κ1) is 23.3. The van der Waals surface area contributed by atoms with E-state index in [4.69, 9.17) is 4.74 Å². The second-order valence-corrected chi connectivity index (χ2v) is 6.48. The number of aryl methyl sites for hydroxylation is 3. The Labute approximate surface area is 193 Å². The van der Waals surface area contributed by atoms with Gasteiger partial charge >= 0.3 is 0 Å². The van der Waals surface area contributed by atoms with Crippen LogP contribution in [0.5, 0.6) is 5.75 Å². The molecule has 29 heavy (non-hydrogen) atoms. The summed E-state index contributed by atoms with van der Waals surface area (Å²) in [5, 5.41) is 0. The number of rotatable bonds is 3. The molecule has 0 fully saturated rings. The van der Waals surface area contributed by atoms with Gasteiger partial charge in [0.2, 0.25) is 0 Å². The van der Waals surface area contributed by atoms with Crippen LogP contribution in [0.2, 0.25) is 0 Å². The molecule has 0 aliphatic carbocycles. The standard InChI is InChI=1S/C22H15F4O2.La/c1-11-6-13(3)20(17(23)7-11)14-4-5-16(12(2)8-14)22(27)28-15-9-18(24)21(26)19(25)10-15;/h4,6-10H,1-3H3;/q-1;. The van der Waals surface area contributed by atoms with Crippen LogP contribution in [0.4, 0.5) is 17.6 Å². The van der Waals surface area contributed by atoms with E-state index in [1.165, 1.54) is 12.1 Å². The van der Waals surface area contributed by atoms with Gasteiger partial charge < -0.3 is 9.53 Å². The second kappa shape index (κ2) is 9.24. The fourth-order valence-electron chi connectivity index (χ4n) is 3.01. The zero-order valence-corrected chi connectivity index (χ0v) is 19.5. The molecule has 3 aromatic rings. The molecule has 0 aliphatic heterocycles. The maximum Gasteiger partial charge on any atom is 0.255 e. The Morgan fingerprint density at radius 2 is 1.48 bits per heavy atom. The molecule has 0 bridgehead atoms. The van der Waals surface area contributed by atoms with E-state index in [0.717, 1.165) is 11.1 Å². The molecule has 0 aromatic heterocycles. The SMILES string of the molecule is Cc1cc(C)c(-c2c[c-]c(C(=O)Oc3cc(F)c(F)c(F)c3)c(C)c2)c(F)c1.[La]. The third-order valence-electron chi connectivity index (χ3n) is 4.23. The maximum atomic E-state index is 14.4. The van der Waals surface area contributed by atoms with Gasteiger partial charge in [0.25, 0.3) is 5.97 Å². The average Bonchev–Trinajstić information content (AvgIpc) is 2.58. The predicted octanol–water partition coefficient (Wildman–Crippen LogP) is 5.85. The Morgan fingerprint density at radius 1 is 0.862 bits per heavy atom. The molecule has 0 spiro atoms. The molecule has 3 rings (SSSR count). The van der Waals surface area contributed by atoms with Crippen molar-refractivity contribution in [3.05, 3.63) is 88.0 Å². The van der Waals surface area contributed by atoms with Crippen LogP contribution in [0.25, 0.3) is 11.1 Å². The van der Waals surface area contributed by atoms with Crippen LogP contribution in [0.15, 0.2) is 36.4 Å². The molecule has 7 heteroatoms. The van der Waals surface area contributed by atoms with Gasteiger partial charge in [-0.05, 0) is 36.6 Å². The van der Waals surface area contributed by atoms with E-state index < -0.39 is 35.0 Å². The van der Waals surface area contributed by atoms with E-state index in [9.17, 15) is 22.4 Å². The molecule has 0 atom stereocenters. The van der Waals surface area contributed by atoms with Crippen LogP contribution in [-0.2, 0) is 0 Å². The Kier molecular flexibility index (Phi) is 7.43. The van der Waals surface area contributed by atoms with E-state index in [1.54, 1.807) is 26.8 Å². The van der Waals surface area contributed by atoms with Gasteiger partial charge in [0.1, 0.15) is 11.6 Å². The fraction of sp³-hybridized carbons (Fsp3) is 0.136. The number of esters is 1. The summed E-state index contributed by atoms with van der Waals surface area (Å²) in [5.74, 6) is -6.37. The van der Waals surface area contributed by atoms with E-state index in [0.29, 0.717) is 28.8 Å². The number of benzene rings is 3. The van der Waals surface area contributed by atoms with Crippen molar-refractivity contribution in [1.29, 1.82) is 0 Å². The molecule has 0 saturated heterocycles. The molecule has 0 aliphatic rings. The van der Waals surface area contributed by atoms with Crippen LogP contribution in [0.3, 0.4) is 0 Å². The van der Waals surface area contributed by atoms with Gasteiger partial charge in [0.15, 0.2) is 17.5 Å². The molecule has 147 valence electrons. The van der Waals surface area contributed by atoms with Crippen molar-refractivity contribution in [2.45, 2.75) is 20.8 Å². The van der Waals surface area contributed by atoms with Gasteiger partial charge in [0, 0.05) is 47.7 Å². The quantitative estimate of drug-likeness (QED) is 0.141. The normalized spacial score (nSPS) is 10.4. The van der Waals surface area contributed by atoms with Crippen molar-refractivity contribution in [3.8, 4) is 16.9 Å². The topological polar surface area (TPSA) is 26.3 Å². The van der Waals surface area contributed by atoms with E-state index in [-0.39, 0.29) is 41.2 Å². The Bertz CT molecular complexity index is 1050. The minimum absolute atomic E-state index is 0. The monoisotopic (exact) mass is 526 g/mol. The molecule has 0 amide bonds. The zero-order chi connectivity index (χ0) is 20.6. The number of hydrogen-bond acceptors (Lipinski definition) is 2. The van der Waals surface area contributed by atoms with Crippen molar-refractivity contribution in [2.24, 2.45) is 0 Å². The van der Waals surface area contributed by atoms with E-state index >= 15 is 0 Å². The molecule has 0 unspecified atom stereocenters. The van der Waals surface area contributed by atoms with Gasteiger partial charge in [-0.15, -0.1) is 23.8 Å². The van der Waals surface area contributed by atoms with Gasteiger partial charge in [-0.2, -0.15) is 0 Å². The molecule has 2 nitrogen and oxygen atoms in total. The van der Waals surface area contributed by atoms with E-state index in [2.05, 4.69) is 6.07 Å². The fourth-order valence-corrected chi connectivity index (χ4v) is 3.01. The third-order valence-corrected chi connectivity index (χ3v) is 4.23. The number of ether oxygens (including phenoxy) is 1. The summed E-state index contributed by atoms with van der Waals surface area (Å²) >= 11 is 0. The minimum atomic E-state index is -1.65. The summed E-state index contributed by atoms with van der Waals surface area (Å²) in [4.78, 5) is 12.3. The molecule has 0 heterocycles.